The maximum absolute atomic E-state index is 13.4. The number of nitrogens with two attached hydrogens (primary N) is 1. The van der Waals surface area contributed by atoms with Crippen molar-refractivity contribution in [3.05, 3.63) is 71.0 Å². The number of halogens is 4. The van der Waals surface area contributed by atoms with E-state index in [4.69, 9.17) is 5.73 Å². The third kappa shape index (κ3) is 2.93. The Kier molecular flexibility index (Phi) is 3.57. The van der Waals surface area contributed by atoms with E-state index in [9.17, 15) is 17.6 Å². The van der Waals surface area contributed by atoms with Gasteiger partial charge in [-0.1, -0.05) is 36.4 Å². The highest BCUT2D eigenvalue weighted by Crippen LogP contribution is 2.32. The number of alkyl halides is 3. The first kappa shape index (κ1) is 13.5. The van der Waals surface area contributed by atoms with Gasteiger partial charge in [0.05, 0.1) is 11.6 Å². The Hall–Kier alpha value is -1.88. The minimum Gasteiger partial charge on any atom is -0.320 e. The second-order valence-corrected chi connectivity index (χ2v) is 4.13. The summed E-state index contributed by atoms with van der Waals surface area (Å²) >= 11 is 0. The summed E-state index contributed by atoms with van der Waals surface area (Å²) in [5, 5.41) is 0. The van der Waals surface area contributed by atoms with E-state index >= 15 is 0 Å². The Bertz CT molecular complexity index is 563. The summed E-state index contributed by atoms with van der Waals surface area (Å²) in [5.74, 6) is -1.31. The van der Waals surface area contributed by atoms with E-state index in [-0.39, 0.29) is 0 Å². The van der Waals surface area contributed by atoms with E-state index in [1.54, 1.807) is 30.3 Å². The molecule has 1 nitrogen and oxygen atoms in total. The molecule has 1 atom stereocenters. The van der Waals surface area contributed by atoms with Gasteiger partial charge in [0.15, 0.2) is 0 Å². The van der Waals surface area contributed by atoms with E-state index in [2.05, 4.69) is 0 Å². The van der Waals surface area contributed by atoms with Crippen molar-refractivity contribution in [2.45, 2.75) is 12.2 Å². The standard InChI is InChI=1S/C14H11F4N/c15-12-8-10(6-7-11(12)14(16,17)18)13(19)9-4-2-1-3-5-9/h1-8,13H,19H2. The molecule has 0 amide bonds. The molecule has 0 bridgehead atoms. The highest BCUT2D eigenvalue weighted by molar-refractivity contribution is 5.34. The molecular weight excluding hydrogens is 258 g/mol. The molecule has 19 heavy (non-hydrogen) atoms. The highest BCUT2D eigenvalue weighted by atomic mass is 19.4. The van der Waals surface area contributed by atoms with Crippen LogP contribution in [-0.2, 0) is 6.18 Å². The van der Waals surface area contributed by atoms with Gasteiger partial charge in [-0.2, -0.15) is 13.2 Å². The van der Waals surface area contributed by atoms with Crippen LogP contribution in [0.3, 0.4) is 0 Å². The molecule has 0 saturated carbocycles. The first-order valence-electron chi connectivity index (χ1n) is 5.57. The van der Waals surface area contributed by atoms with Crippen LogP contribution >= 0.6 is 0 Å². The van der Waals surface area contributed by atoms with Gasteiger partial charge >= 0.3 is 6.18 Å². The van der Waals surface area contributed by atoms with Gasteiger partial charge in [0.25, 0.3) is 0 Å². The van der Waals surface area contributed by atoms with Crippen LogP contribution in [0.5, 0.6) is 0 Å². The average Bonchev–Trinajstić information content (AvgIpc) is 2.37. The summed E-state index contributed by atoms with van der Waals surface area (Å²) in [6.07, 6.45) is -4.69. The third-order valence-electron chi connectivity index (χ3n) is 2.82. The van der Waals surface area contributed by atoms with Crippen molar-refractivity contribution in [2.75, 3.05) is 0 Å². The van der Waals surface area contributed by atoms with Gasteiger partial charge in [-0.05, 0) is 23.3 Å². The Labute approximate surface area is 107 Å². The number of hydrogen-bond donors (Lipinski definition) is 1. The SMILES string of the molecule is NC(c1ccccc1)c1ccc(C(F)(F)F)c(F)c1. The van der Waals surface area contributed by atoms with Crippen molar-refractivity contribution < 1.29 is 17.6 Å². The van der Waals surface area contributed by atoms with E-state index < -0.39 is 23.6 Å². The zero-order chi connectivity index (χ0) is 14.0. The van der Waals surface area contributed by atoms with Gasteiger partial charge in [0.1, 0.15) is 5.82 Å². The third-order valence-corrected chi connectivity index (χ3v) is 2.82. The monoisotopic (exact) mass is 269 g/mol. The van der Waals surface area contributed by atoms with Crippen molar-refractivity contribution in [1.82, 2.24) is 0 Å². The maximum atomic E-state index is 13.4. The van der Waals surface area contributed by atoms with Crippen molar-refractivity contribution in [2.24, 2.45) is 5.73 Å². The van der Waals surface area contributed by atoms with Gasteiger partial charge in [-0.3, -0.25) is 0 Å². The van der Waals surface area contributed by atoms with Gasteiger partial charge in [-0.25, -0.2) is 4.39 Å². The summed E-state index contributed by atoms with van der Waals surface area (Å²) in [7, 11) is 0. The van der Waals surface area contributed by atoms with Crippen LogP contribution < -0.4 is 5.73 Å². The summed E-state index contributed by atoms with van der Waals surface area (Å²) in [5.41, 5.74) is 5.63. The molecule has 0 aliphatic heterocycles. The molecular formula is C14H11F4N. The van der Waals surface area contributed by atoms with E-state index in [1.165, 1.54) is 6.07 Å². The molecule has 1 unspecified atom stereocenters. The normalized spacial score (nSPS) is 13.3. The molecule has 2 N–H and O–H groups in total. The Morgan fingerprint density at radius 2 is 1.53 bits per heavy atom. The molecule has 2 rings (SSSR count). The number of rotatable bonds is 2. The predicted molar refractivity (Wildman–Crippen MR) is 63.9 cm³/mol. The number of benzene rings is 2. The van der Waals surface area contributed by atoms with Crippen molar-refractivity contribution in [1.29, 1.82) is 0 Å². The molecule has 0 spiro atoms. The summed E-state index contributed by atoms with van der Waals surface area (Å²) in [6, 6.07) is 10.9. The lowest BCUT2D eigenvalue weighted by Crippen LogP contribution is -2.14. The molecule has 0 fully saturated rings. The van der Waals surface area contributed by atoms with Crippen LogP contribution in [0.2, 0.25) is 0 Å². The maximum Gasteiger partial charge on any atom is 0.419 e. The molecule has 0 aliphatic rings. The van der Waals surface area contributed by atoms with Crippen LogP contribution in [0.25, 0.3) is 0 Å². The lowest BCUT2D eigenvalue weighted by Gasteiger charge is -2.14. The predicted octanol–water partition coefficient (Wildman–Crippen LogP) is 3.89. The summed E-state index contributed by atoms with van der Waals surface area (Å²) < 4.78 is 50.7. The molecule has 0 aliphatic carbocycles. The largest absolute Gasteiger partial charge is 0.419 e. The second-order valence-electron chi connectivity index (χ2n) is 4.13. The Morgan fingerprint density at radius 3 is 2.05 bits per heavy atom. The lowest BCUT2D eigenvalue weighted by molar-refractivity contribution is -0.140. The fourth-order valence-corrected chi connectivity index (χ4v) is 1.81. The van der Waals surface area contributed by atoms with Crippen molar-refractivity contribution in [3.8, 4) is 0 Å². The molecule has 2 aromatic carbocycles. The van der Waals surface area contributed by atoms with Gasteiger partial charge in [-0.15, -0.1) is 0 Å². The Balaban J connectivity index is 2.35. The average molecular weight is 269 g/mol. The second kappa shape index (κ2) is 5.01. The molecule has 0 radical (unpaired) electrons. The topological polar surface area (TPSA) is 26.0 Å². The van der Waals surface area contributed by atoms with Crippen molar-refractivity contribution >= 4 is 0 Å². The molecule has 5 heteroatoms. The highest BCUT2D eigenvalue weighted by Gasteiger charge is 2.34. The van der Waals surface area contributed by atoms with Crippen LogP contribution in [0.1, 0.15) is 22.7 Å². The smallest absolute Gasteiger partial charge is 0.320 e. The van der Waals surface area contributed by atoms with Gasteiger partial charge in [0, 0.05) is 0 Å². The number of hydrogen-bond acceptors (Lipinski definition) is 1. The van der Waals surface area contributed by atoms with E-state index in [0.29, 0.717) is 17.2 Å². The van der Waals surface area contributed by atoms with Gasteiger partial charge in [0.2, 0.25) is 0 Å². The van der Waals surface area contributed by atoms with Crippen molar-refractivity contribution in [3.63, 3.8) is 0 Å². The lowest BCUT2D eigenvalue weighted by atomic mass is 9.98. The minimum atomic E-state index is -4.69. The fourth-order valence-electron chi connectivity index (χ4n) is 1.81. The van der Waals surface area contributed by atoms with Crippen LogP contribution in [-0.4, -0.2) is 0 Å². The van der Waals surface area contributed by atoms with Crippen LogP contribution in [0.15, 0.2) is 48.5 Å². The van der Waals surface area contributed by atoms with Crippen LogP contribution in [0, 0.1) is 5.82 Å². The summed E-state index contributed by atoms with van der Waals surface area (Å²) in [4.78, 5) is 0. The van der Waals surface area contributed by atoms with Crippen LogP contribution in [0.4, 0.5) is 17.6 Å². The zero-order valence-electron chi connectivity index (χ0n) is 9.79. The first-order chi connectivity index (χ1) is 8.89. The Morgan fingerprint density at radius 1 is 0.895 bits per heavy atom. The molecule has 0 heterocycles. The zero-order valence-corrected chi connectivity index (χ0v) is 9.79. The fraction of sp³-hybridized carbons (Fsp3) is 0.143. The van der Waals surface area contributed by atoms with E-state index in [1.807, 2.05) is 0 Å². The minimum absolute atomic E-state index is 0.303. The van der Waals surface area contributed by atoms with Gasteiger partial charge < -0.3 is 5.73 Å². The molecule has 0 aromatic heterocycles. The first-order valence-corrected chi connectivity index (χ1v) is 5.57. The quantitative estimate of drug-likeness (QED) is 0.822. The molecule has 100 valence electrons. The molecule has 2 aromatic rings. The summed E-state index contributed by atoms with van der Waals surface area (Å²) in [6.45, 7) is 0. The van der Waals surface area contributed by atoms with E-state index in [0.717, 1.165) is 6.07 Å². The molecule has 0 saturated heterocycles.